The topological polar surface area (TPSA) is 54.5 Å². The third kappa shape index (κ3) is 2.71. The van der Waals surface area contributed by atoms with Crippen molar-refractivity contribution < 1.29 is 14.4 Å². The summed E-state index contributed by atoms with van der Waals surface area (Å²) in [6.45, 7) is 0. The Kier molecular flexibility index (Phi) is 4.24. The number of benzene rings is 3. The quantitative estimate of drug-likeness (QED) is 0.480. The van der Waals surface area contributed by atoms with Gasteiger partial charge in [-0.05, 0) is 24.3 Å². The van der Waals surface area contributed by atoms with E-state index in [9.17, 15) is 14.4 Å². The maximum atomic E-state index is 13.2. The smallest absolute Gasteiger partial charge is 0.258 e. The number of hydrogen-bond donors (Lipinski definition) is 0. The van der Waals surface area contributed by atoms with Crippen molar-refractivity contribution in [3.63, 3.8) is 0 Å². The molecule has 4 rings (SSSR count). The molecule has 0 bridgehead atoms. The molecule has 0 saturated carbocycles. The summed E-state index contributed by atoms with van der Waals surface area (Å²) in [5.74, 6) is -0.738. The maximum Gasteiger partial charge on any atom is 0.258 e. The summed E-state index contributed by atoms with van der Waals surface area (Å²) in [6.07, 6.45) is 0. The third-order valence-corrected chi connectivity index (χ3v) is 5.35. The van der Waals surface area contributed by atoms with E-state index in [0.29, 0.717) is 32.4 Å². The molecule has 0 spiro atoms. The van der Waals surface area contributed by atoms with Crippen LogP contribution in [0.3, 0.4) is 0 Å². The van der Waals surface area contributed by atoms with Gasteiger partial charge in [-0.3, -0.25) is 14.4 Å². The maximum absolute atomic E-state index is 13.2. The zero-order valence-electron chi connectivity index (χ0n) is 14.4. The lowest BCUT2D eigenvalue weighted by atomic mass is 9.83. The van der Waals surface area contributed by atoms with Crippen molar-refractivity contribution in [3.05, 3.63) is 99.0 Å². The molecule has 0 aromatic heterocycles. The van der Waals surface area contributed by atoms with E-state index >= 15 is 0 Å². The van der Waals surface area contributed by atoms with Crippen LogP contribution in [0, 0.1) is 0 Å². The summed E-state index contributed by atoms with van der Waals surface area (Å²) in [4.78, 5) is 40.5. The Hall–Kier alpha value is -3.05. The van der Waals surface area contributed by atoms with E-state index in [1.807, 2.05) is 6.07 Å². The predicted molar refractivity (Wildman–Crippen MR) is 107 cm³/mol. The monoisotopic (exact) mass is 419 g/mol. The number of amides is 1. The fourth-order valence-electron chi connectivity index (χ4n) is 3.33. The molecule has 1 aliphatic rings. The standard InChI is InChI=1S/C22H14BrNO3/c1-24(22(27)13-7-3-2-4-8-13)17-12-11-16(23)18-19(17)21(26)15-10-6-5-9-14(15)20(18)25/h2-12H,1H3. The lowest BCUT2D eigenvalue weighted by Gasteiger charge is -2.26. The average molecular weight is 420 g/mol. The largest absolute Gasteiger partial charge is 0.311 e. The lowest BCUT2D eigenvalue weighted by Crippen LogP contribution is -2.31. The number of rotatable bonds is 2. The number of nitrogens with zero attached hydrogens (tertiary/aromatic N) is 1. The van der Waals surface area contributed by atoms with Crippen LogP contribution in [-0.4, -0.2) is 24.5 Å². The van der Waals surface area contributed by atoms with Gasteiger partial charge in [-0.25, -0.2) is 0 Å². The van der Waals surface area contributed by atoms with E-state index in [0.717, 1.165) is 0 Å². The molecule has 1 aliphatic carbocycles. The molecular formula is C22H14BrNO3. The highest BCUT2D eigenvalue weighted by molar-refractivity contribution is 9.10. The van der Waals surface area contributed by atoms with Crippen LogP contribution in [0.4, 0.5) is 5.69 Å². The summed E-state index contributed by atoms with van der Waals surface area (Å²) in [7, 11) is 1.61. The van der Waals surface area contributed by atoms with Gasteiger partial charge in [0.25, 0.3) is 5.91 Å². The minimum absolute atomic E-state index is 0.227. The zero-order valence-corrected chi connectivity index (χ0v) is 16.0. The minimum Gasteiger partial charge on any atom is -0.311 e. The molecule has 3 aromatic rings. The molecule has 1 amide bonds. The van der Waals surface area contributed by atoms with Crippen molar-refractivity contribution in [2.24, 2.45) is 0 Å². The van der Waals surface area contributed by atoms with E-state index in [2.05, 4.69) is 15.9 Å². The second-order valence-corrected chi connectivity index (χ2v) is 7.10. The van der Waals surface area contributed by atoms with Gasteiger partial charge >= 0.3 is 0 Å². The van der Waals surface area contributed by atoms with E-state index in [4.69, 9.17) is 0 Å². The molecule has 0 heterocycles. The molecular weight excluding hydrogens is 406 g/mol. The predicted octanol–water partition coefficient (Wildman–Crippen LogP) is 4.50. The molecule has 0 aliphatic heterocycles. The van der Waals surface area contributed by atoms with Crippen molar-refractivity contribution in [3.8, 4) is 0 Å². The average Bonchev–Trinajstić information content (AvgIpc) is 2.71. The number of ketones is 2. The Morgan fingerprint density at radius 2 is 1.33 bits per heavy atom. The summed E-state index contributed by atoms with van der Waals surface area (Å²) in [5, 5.41) is 0. The molecule has 3 aromatic carbocycles. The molecule has 0 N–H and O–H groups in total. The van der Waals surface area contributed by atoms with Gasteiger partial charge in [0.15, 0.2) is 11.6 Å². The number of anilines is 1. The van der Waals surface area contributed by atoms with E-state index in [1.165, 1.54) is 4.90 Å². The second kappa shape index (κ2) is 6.59. The van der Waals surface area contributed by atoms with Crippen molar-refractivity contribution in [2.75, 3.05) is 11.9 Å². The minimum atomic E-state index is -0.260. The first-order valence-corrected chi connectivity index (χ1v) is 9.14. The van der Waals surface area contributed by atoms with Crippen LogP contribution in [0.1, 0.15) is 42.2 Å². The van der Waals surface area contributed by atoms with Crippen molar-refractivity contribution in [1.29, 1.82) is 0 Å². The second-order valence-electron chi connectivity index (χ2n) is 6.25. The highest BCUT2D eigenvalue weighted by atomic mass is 79.9. The number of fused-ring (bicyclic) bond motifs is 2. The lowest BCUT2D eigenvalue weighted by molar-refractivity contribution is 0.0974. The zero-order chi connectivity index (χ0) is 19.1. The number of hydrogen-bond acceptors (Lipinski definition) is 3. The van der Waals surface area contributed by atoms with Crippen LogP contribution in [0.25, 0.3) is 0 Å². The fraction of sp³-hybridized carbons (Fsp3) is 0.0455. The molecule has 0 saturated heterocycles. The van der Waals surface area contributed by atoms with Crippen LogP contribution in [0.15, 0.2) is 71.2 Å². The first kappa shape index (κ1) is 17.4. The molecule has 0 atom stereocenters. The highest BCUT2D eigenvalue weighted by Crippen LogP contribution is 2.37. The Morgan fingerprint density at radius 3 is 1.96 bits per heavy atom. The van der Waals surface area contributed by atoms with Gasteiger partial charge in [0.2, 0.25) is 0 Å². The number of carbonyl (C=O) groups is 3. The first-order valence-electron chi connectivity index (χ1n) is 8.34. The number of halogens is 1. The van der Waals surface area contributed by atoms with Crippen LogP contribution in [0.5, 0.6) is 0 Å². The van der Waals surface area contributed by atoms with Crippen LogP contribution < -0.4 is 4.90 Å². The Morgan fingerprint density at radius 1 is 0.778 bits per heavy atom. The Labute approximate surface area is 164 Å². The van der Waals surface area contributed by atoms with Gasteiger partial charge < -0.3 is 4.90 Å². The van der Waals surface area contributed by atoms with Gasteiger partial charge in [0, 0.05) is 28.2 Å². The van der Waals surface area contributed by atoms with Crippen LogP contribution in [0.2, 0.25) is 0 Å². The molecule has 27 heavy (non-hydrogen) atoms. The highest BCUT2D eigenvalue weighted by Gasteiger charge is 2.34. The Bertz CT molecular complexity index is 1110. The summed E-state index contributed by atoms with van der Waals surface area (Å²) in [6, 6.07) is 19.0. The Balaban J connectivity index is 1.89. The van der Waals surface area contributed by atoms with E-state index in [1.54, 1.807) is 67.7 Å². The van der Waals surface area contributed by atoms with Crippen molar-refractivity contribution in [2.45, 2.75) is 0 Å². The van der Waals surface area contributed by atoms with Gasteiger partial charge in [-0.1, -0.05) is 58.4 Å². The van der Waals surface area contributed by atoms with Gasteiger partial charge in [0.1, 0.15) is 0 Å². The fourth-order valence-corrected chi connectivity index (χ4v) is 3.84. The van der Waals surface area contributed by atoms with Gasteiger partial charge in [-0.15, -0.1) is 0 Å². The molecule has 132 valence electrons. The van der Waals surface area contributed by atoms with E-state index < -0.39 is 0 Å². The first-order chi connectivity index (χ1) is 13.0. The molecule has 0 fully saturated rings. The van der Waals surface area contributed by atoms with Gasteiger partial charge in [0.05, 0.1) is 16.8 Å². The summed E-state index contributed by atoms with van der Waals surface area (Å²) in [5.41, 5.74) is 2.20. The SMILES string of the molecule is CN(C(=O)c1ccccc1)c1ccc(Br)c2c1C(=O)c1ccccc1C2=O. The third-order valence-electron chi connectivity index (χ3n) is 4.69. The van der Waals surface area contributed by atoms with Gasteiger partial charge in [-0.2, -0.15) is 0 Å². The summed E-state index contributed by atoms with van der Waals surface area (Å²) >= 11 is 3.39. The molecule has 5 heteroatoms. The normalized spacial score (nSPS) is 12.4. The van der Waals surface area contributed by atoms with Crippen LogP contribution in [-0.2, 0) is 0 Å². The molecule has 0 unspecified atom stereocenters. The van der Waals surface area contributed by atoms with E-state index in [-0.39, 0.29) is 23.0 Å². The van der Waals surface area contributed by atoms with Crippen molar-refractivity contribution in [1.82, 2.24) is 0 Å². The van der Waals surface area contributed by atoms with Crippen molar-refractivity contribution >= 4 is 39.1 Å². The molecule has 4 nitrogen and oxygen atoms in total. The summed E-state index contributed by atoms with van der Waals surface area (Å²) < 4.78 is 0.537. The van der Waals surface area contributed by atoms with Crippen LogP contribution >= 0.6 is 15.9 Å². The molecule has 0 radical (unpaired) electrons. The number of carbonyl (C=O) groups excluding carboxylic acids is 3.